The molecule has 0 bridgehead atoms. The lowest BCUT2D eigenvalue weighted by Crippen LogP contribution is -2.21. The van der Waals surface area contributed by atoms with Gasteiger partial charge in [-0.15, -0.1) is 0 Å². The number of hydrogen-bond acceptors (Lipinski definition) is 2. The molecule has 0 aromatic heterocycles. The molecular weight excluding hydrogens is 346 g/mol. The van der Waals surface area contributed by atoms with Crippen molar-refractivity contribution in [1.82, 2.24) is 0 Å². The fraction of sp³-hybridized carbons (Fsp3) is 0.385. The molecular formula is C13H17Br2NO. The lowest BCUT2D eigenvalue weighted by molar-refractivity contribution is 0.353. The van der Waals surface area contributed by atoms with Gasteiger partial charge in [0.25, 0.3) is 0 Å². The minimum Gasteiger partial charge on any atom is -0.487 e. The smallest absolute Gasteiger partial charge is 0.137 e. The molecule has 0 amide bonds. The van der Waals surface area contributed by atoms with Crippen LogP contribution in [0.5, 0.6) is 5.75 Å². The molecule has 1 unspecified atom stereocenters. The van der Waals surface area contributed by atoms with Gasteiger partial charge in [-0.2, -0.15) is 0 Å². The first-order valence-corrected chi connectivity index (χ1v) is 7.12. The third-order valence-corrected chi connectivity index (χ3v) is 3.28. The second kappa shape index (κ2) is 7.19. The molecule has 4 heteroatoms. The van der Waals surface area contributed by atoms with Crippen molar-refractivity contribution in [3.63, 3.8) is 0 Å². The summed E-state index contributed by atoms with van der Waals surface area (Å²) < 4.78 is 7.50. The molecule has 0 saturated heterocycles. The van der Waals surface area contributed by atoms with Gasteiger partial charge in [-0.3, -0.25) is 0 Å². The van der Waals surface area contributed by atoms with Crippen molar-refractivity contribution in [2.45, 2.75) is 25.8 Å². The van der Waals surface area contributed by atoms with Gasteiger partial charge in [-0.1, -0.05) is 41.6 Å². The molecule has 0 aliphatic rings. The van der Waals surface area contributed by atoms with Crippen molar-refractivity contribution in [3.05, 3.63) is 39.3 Å². The van der Waals surface area contributed by atoms with Gasteiger partial charge in [-0.25, -0.2) is 0 Å². The highest BCUT2D eigenvalue weighted by atomic mass is 79.9. The number of hydrogen-bond donors (Lipinski definition) is 1. The van der Waals surface area contributed by atoms with E-state index in [0.29, 0.717) is 6.61 Å². The van der Waals surface area contributed by atoms with Crippen LogP contribution in [-0.4, -0.2) is 12.6 Å². The molecule has 0 spiro atoms. The molecule has 0 heterocycles. The average Bonchev–Trinajstić information content (AvgIpc) is 2.27. The monoisotopic (exact) mass is 361 g/mol. The Morgan fingerprint density at radius 1 is 1.53 bits per heavy atom. The SMILES string of the molecule is C=C(Br)COc1c(Br)cccc1CC(N)CC. The zero-order valence-electron chi connectivity index (χ0n) is 9.88. The molecule has 17 heavy (non-hydrogen) atoms. The topological polar surface area (TPSA) is 35.2 Å². The summed E-state index contributed by atoms with van der Waals surface area (Å²) in [5, 5.41) is 0. The molecule has 2 nitrogen and oxygen atoms in total. The van der Waals surface area contributed by atoms with Crippen molar-refractivity contribution < 1.29 is 4.74 Å². The number of benzene rings is 1. The fourth-order valence-corrected chi connectivity index (χ4v) is 2.09. The zero-order chi connectivity index (χ0) is 12.8. The van der Waals surface area contributed by atoms with Crippen molar-refractivity contribution in [2.24, 2.45) is 5.73 Å². The van der Waals surface area contributed by atoms with Crippen molar-refractivity contribution in [2.75, 3.05) is 6.61 Å². The largest absolute Gasteiger partial charge is 0.487 e. The summed E-state index contributed by atoms with van der Waals surface area (Å²) >= 11 is 6.78. The molecule has 0 radical (unpaired) electrons. The van der Waals surface area contributed by atoms with Gasteiger partial charge in [0.2, 0.25) is 0 Å². The third-order valence-electron chi connectivity index (χ3n) is 2.43. The average molecular weight is 363 g/mol. The Kier molecular flexibility index (Phi) is 6.23. The second-order valence-corrected chi connectivity index (χ2v) is 5.88. The maximum absolute atomic E-state index is 5.98. The fourth-order valence-electron chi connectivity index (χ4n) is 1.45. The minimum atomic E-state index is 0.166. The molecule has 2 N–H and O–H groups in total. The summed E-state index contributed by atoms with van der Waals surface area (Å²) in [5.41, 5.74) is 7.11. The van der Waals surface area contributed by atoms with Crippen LogP contribution in [0.2, 0.25) is 0 Å². The van der Waals surface area contributed by atoms with E-state index in [-0.39, 0.29) is 6.04 Å². The Balaban J connectivity index is 2.87. The normalized spacial score (nSPS) is 12.2. The van der Waals surface area contributed by atoms with E-state index in [1.54, 1.807) is 0 Å². The molecule has 0 fully saturated rings. The Labute approximate surface area is 119 Å². The van der Waals surface area contributed by atoms with Gasteiger partial charge in [0, 0.05) is 10.5 Å². The maximum Gasteiger partial charge on any atom is 0.137 e. The highest BCUT2D eigenvalue weighted by Crippen LogP contribution is 2.30. The minimum absolute atomic E-state index is 0.166. The summed E-state index contributed by atoms with van der Waals surface area (Å²) in [7, 11) is 0. The standard InChI is InChI=1S/C13H17Br2NO/c1-3-11(16)7-10-5-4-6-12(15)13(10)17-8-9(2)14/h4-6,11H,2-3,7-8,16H2,1H3. The van der Waals surface area contributed by atoms with E-state index in [4.69, 9.17) is 10.5 Å². The lowest BCUT2D eigenvalue weighted by Gasteiger charge is -2.15. The van der Waals surface area contributed by atoms with Crippen LogP contribution in [0.3, 0.4) is 0 Å². The highest BCUT2D eigenvalue weighted by molar-refractivity contribution is 9.11. The Hall–Kier alpha value is -0.320. The maximum atomic E-state index is 5.98. The van der Waals surface area contributed by atoms with Crippen LogP contribution in [0.25, 0.3) is 0 Å². The zero-order valence-corrected chi connectivity index (χ0v) is 13.1. The second-order valence-electron chi connectivity index (χ2n) is 3.91. The summed E-state index contributed by atoms with van der Waals surface area (Å²) in [4.78, 5) is 0. The van der Waals surface area contributed by atoms with Crippen LogP contribution in [0.15, 0.2) is 33.7 Å². The molecule has 0 saturated carbocycles. The Morgan fingerprint density at radius 3 is 2.82 bits per heavy atom. The molecule has 1 rings (SSSR count). The Bertz CT molecular complexity index is 393. The van der Waals surface area contributed by atoms with Gasteiger partial charge >= 0.3 is 0 Å². The predicted octanol–water partition coefficient (Wildman–Crippen LogP) is 4.02. The van der Waals surface area contributed by atoms with E-state index < -0.39 is 0 Å². The van der Waals surface area contributed by atoms with Crippen molar-refractivity contribution >= 4 is 31.9 Å². The predicted molar refractivity (Wildman–Crippen MR) is 79.7 cm³/mol. The van der Waals surface area contributed by atoms with Crippen LogP contribution < -0.4 is 10.5 Å². The van der Waals surface area contributed by atoms with Crippen LogP contribution in [0.1, 0.15) is 18.9 Å². The van der Waals surface area contributed by atoms with Gasteiger partial charge < -0.3 is 10.5 Å². The first-order chi connectivity index (χ1) is 8.04. The molecule has 94 valence electrons. The number of nitrogens with two attached hydrogens (primary N) is 1. The van der Waals surface area contributed by atoms with Gasteiger partial charge in [0.05, 0.1) is 4.47 Å². The van der Waals surface area contributed by atoms with E-state index >= 15 is 0 Å². The summed E-state index contributed by atoms with van der Waals surface area (Å²) in [6.45, 7) is 6.30. The summed E-state index contributed by atoms with van der Waals surface area (Å²) in [5.74, 6) is 0.858. The number of halogens is 2. The number of ether oxygens (including phenoxy) is 1. The van der Waals surface area contributed by atoms with Crippen LogP contribution >= 0.6 is 31.9 Å². The number of rotatable bonds is 6. The van der Waals surface area contributed by atoms with Gasteiger partial charge in [0.15, 0.2) is 0 Å². The Morgan fingerprint density at radius 2 is 2.24 bits per heavy atom. The molecule has 0 aliphatic carbocycles. The first kappa shape index (κ1) is 14.7. The molecule has 1 aromatic rings. The highest BCUT2D eigenvalue weighted by Gasteiger charge is 2.11. The van der Waals surface area contributed by atoms with Crippen LogP contribution in [0.4, 0.5) is 0 Å². The van der Waals surface area contributed by atoms with Crippen LogP contribution in [0, 0.1) is 0 Å². The summed E-state index contributed by atoms with van der Waals surface area (Å²) in [6.07, 6.45) is 1.77. The molecule has 0 aliphatic heterocycles. The molecule has 1 aromatic carbocycles. The van der Waals surface area contributed by atoms with E-state index in [9.17, 15) is 0 Å². The lowest BCUT2D eigenvalue weighted by atomic mass is 10.0. The van der Waals surface area contributed by atoms with E-state index in [0.717, 1.165) is 33.1 Å². The first-order valence-electron chi connectivity index (χ1n) is 5.53. The summed E-state index contributed by atoms with van der Waals surface area (Å²) in [6, 6.07) is 6.18. The quantitative estimate of drug-likeness (QED) is 0.829. The third kappa shape index (κ3) is 4.82. The molecule has 1 atom stereocenters. The number of para-hydroxylation sites is 1. The van der Waals surface area contributed by atoms with E-state index in [1.165, 1.54) is 0 Å². The van der Waals surface area contributed by atoms with Gasteiger partial charge in [0.1, 0.15) is 12.4 Å². The van der Waals surface area contributed by atoms with Crippen molar-refractivity contribution in [3.8, 4) is 5.75 Å². The van der Waals surface area contributed by atoms with E-state index in [2.05, 4.69) is 45.4 Å². The van der Waals surface area contributed by atoms with Gasteiger partial charge in [-0.05, 0) is 40.4 Å². The van der Waals surface area contributed by atoms with E-state index in [1.807, 2.05) is 18.2 Å². The van der Waals surface area contributed by atoms with Crippen LogP contribution in [-0.2, 0) is 6.42 Å². The van der Waals surface area contributed by atoms with Crippen molar-refractivity contribution in [1.29, 1.82) is 0 Å².